The Labute approximate surface area is 153 Å². The topological polar surface area (TPSA) is 92.6 Å². The maximum Gasteiger partial charge on any atom is 0.333 e. The fraction of sp³-hybridized carbons (Fsp3) is 0.111. The molecule has 0 saturated heterocycles. The molecule has 8 heteroatoms. The van der Waals surface area contributed by atoms with Gasteiger partial charge in [0.1, 0.15) is 18.1 Å². The van der Waals surface area contributed by atoms with Crippen molar-refractivity contribution in [3.63, 3.8) is 0 Å². The average Bonchev–Trinajstić information content (AvgIpc) is 3.35. The first kappa shape index (κ1) is 17.6. The van der Waals surface area contributed by atoms with Crippen molar-refractivity contribution in [3.8, 4) is 5.75 Å². The van der Waals surface area contributed by atoms with Gasteiger partial charge in [0, 0.05) is 6.54 Å². The van der Waals surface area contributed by atoms with Gasteiger partial charge in [-0.3, -0.25) is 10.2 Å². The standard InChI is InChI=1S/C18H17N3O4S/c22-17(20-21-18(23)19-10-13-8-9-26-12-13)16-7-6-15(25-16)11-24-14-4-2-1-3-5-14/h1-9,12H,10-11H2,(H,20,22)(H2,19,21,23). The third-order valence-corrected chi connectivity index (χ3v) is 4.06. The van der Waals surface area contributed by atoms with E-state index in [1.165, 1.54) is 6.07 Å². The summed E-state index contributed by atoms with van der Waals surface area (Å²) in [5.74, 6) is 0.733. The number of hydrogen-bond donors (Lipinski definition) is 3. The lowest BCUT2D eigenvalue weighted by Gasteiger charge is -2.07. The van der Waals surface area contributed by atoms with Crippen molar-refractivity contribution in [2.75, 3.05) is 0 Å². The molecule has 3 rings (SSSR count). The van der Waals surface area contributed by atoms with Gasteiger partial charge in [0.15, 0.2) is 5.76 Å². The maximum absolute atomic E-state index is 12.0. The van der Waals surface area contributed by atoms with Crippen LogP contribution in [-0.2, 0) is 13.2 Å². The predicted molar refractivity (Wildman–Crippen MR) is 96.6 cm³/mol. The maximum atomic E-state index is 12.0. The summed E-state index contributed by atoms with van der Waals surface area (Å²) < 4.78 is 11.0. The van der Waals surface area contributed by atoms with E-state index in [4.69, 9.17) is 9.15 Å². The lowest BCUT2D eigenvalue weighted by molar-refractivity contribution is 0.0904. The molecule has 1 aromatic carbocycles. The molecule has 7 nitrogen and oxygen atoms in total. The van der Waals surface area contributed by atoms with Gasteiger partial charge >= 0.3 is 11.9 Å². The van der Waals surface area contributed by atoms with Crippen LogP contribution >= 0.6 is 11.3 Å². The summed E-state index contributed by atoms with van der Waals surface area (Å²) in [5, 5.41) is 6.48. The van der Waals surface area contributed by atoms with Crippen LogP contribution in [0.3, 0.4) is 0 Å². The normalized spacial score (nSPS) is 10.2. The Hall–Kier alpha value is -3.26. The zero-order valence-corrected chi connectivity index (χ0v) is 14.5. The molecule has 0 aliphatic carbocycles. The number of hydrazine groups is 1. The van der Waals surface area contributed by atoms with Gasteiger partial charge in [-0.1, -0.05) is 18.2 Å². The first-order valence-electron chi connectivity index (χ1n) is 7.82. The van der Waals surface area contributed by atoms with Gasteiger partial charge < -0.3 is 14.5 Å². The van der Waals surface area contributed by atoms with Crippen LogP contribution < -0.4 is 20.9 Å². The number of nitrogens with one attached hydrogen (secondary N) is 3. The van der Waals surface area contributed by atoms with Crippen molar-refractivity contribution in [1.29, 1.82) is 0 Å². The number of hydrogen-bond acceptors (Lipinski definition) is 5. The monoisotopic (exact) mass is 371 g/mol. The van der Waals surface area contributed by atoms with Crippen LogP contribution in [0.25, 0.3) is 0 Å². The van der Waals surface area contributed by atoms with Crippen LogP contribution in [0, 0.1) is 0 Å². The van der Waals surface area contributed by atoms with Crippen LogP contribution in [-0.4, -0.2) is 11.9 Å². The smallest absolute Gasteiger partial charge is 0.333 e. The Morgan fingerprint density at radius 3 is 2.65 bits per heavy atom. The number of amides is 3. The van der Waals surface area contributed by atoms with Gasteiger partial charge in [0.2, 0.25) is 0 Å². The van der Waals surface area contributed by atoms with Crippen LogP contribution in [0.2, 0.25) is 0 Å². The summed E-state index contributed by atoms with van der Waals surface area (Å²) in [7, 11) is 0. The molecule has 3 aromatic rings. The highest BCUT2D eigenvalue weighted by Gasteiger charge is 2.12. The molecule has 0 aliphatic rings. The van der Waals surface area contributed by atoms with Crippen LogP contribution in [0.1, 0.15) is 21.9 Å². The summed E-state index contributed by atoms with van der Waals surface area (Å²) >= 11 is 1.55. The van der Waals surface area contributed by atoms with Gasteiger partial charge in [0.25, 0.3) is 0 Å². The highest BCUT2D eigenvalue weighted by Crippen LogP contribution is 2.13. The Bertz CT molecular complexity index is 846. The molecular formula is C18H17N3O4S. The first-order chi connectivity index (χ1) is 12.7. The van der Waals surface area contributed by atoms with Crippen LogP contribution in [0.5, 0.6) is 5.75 Å². The molecule has 2 heterocycles. The number of furan rings is 1. The van der Waals surface area contributed by atoms with Gasteiger partial charge in [-0.2, -0.15) is 11.3 Å². The lowest BCUT2D eigenvalue weighted by Crippen LogP contribution is -2.46. The molecule has 26 heavy (non-hydrogen) atoms. The predicted octanol–water partition coefficient (Wildman–Crippen LogP) is 3.06. The van der Waals surface area contributed by atoms with Gasteiger partial charge in [-0.05, 0) is 46.7 Å². The van der Waals surface area contributed by atoms with Crippen molar-refractivity contribution >= 4 is 23.3 Å². The summed E-state index contributed by atoms with van der Waals surface area (Å²) in [6.45, 7) is 0.582. The largest absolute Gasteiger partial charge is 0.486 e. The van der Waals surface area contributed by atoms with Crippen molar-refractivity contribution in [3.05, 3.63) is 76.4 Å². The van der Waals surface area contributed by atoms with E-state index in [0.717, 1.165) is 5.56 Å². The number of carbonyl (C=O) groups excluding carboxylic acids is 2. The molecule has 0 unspecified atom stereocenters. The molecule has 2 aromatic heterocycles. The molecule has 3 N–H and O–H groups in total. The Morgan fingerprint density at radius 1 is 1.04 bits per heavy atom. The summed E-state index contributed by atoms with van der Waals surface area (Å²) in [5.41, 5.74) is 5.55. The van der Waals surface area contributed by atoms with Crippen LogP contribution in [0.15, 0.2) is 63.7 Å². The minimum absolute atomic E-state index is 0.0785. The van der Waals surface area contributed by atoms with Gasteiger partial charge in [-0.15, -0.1) is 0 Å². The summed E-state index contributed by atoms with van der Waals surface area (Å²) in [4.78, 5) is 23.6. The van der Waals surface area contributed by atoms with Gasteiger partial charge in [0.05, 0.1) is 0 Å². The molecular weight excluding hydrogens is 354 g/mol. The number of urea groups is 1. The van der Waals surface area contributed by atoms with E-state index in [1.54, 1.807) is 17.4 Å². The number of thiophene rings is 1. The molecule has 0 spiro atoms. The molecule has 134 valence electrons. The van der Waals surface area contributed by atoms with E-state index >= 15 is 0 Å². The first-order valence-corrected chi connectivity index (χ1v) is 8.77. The molecule has 0 atom stereocenters. The number of carbonyl (C=O) groups is 2. The SMILES string of the molecule is O=C(NCc1ccsc1)NNC(=O)c1ccc(COc2ccccc2)o1. The highest BCUT2D eigenvalue weighted by molar-refractivity contribution is 7.07. The zero-order valence-electron chi connectivity index (χ0n) is 13.7. The molecule has 0 fully saturated rings. The van der Waals surface area contributed by atoms with E-state index in [9.17, 15) is 9.59 Å². The Kier molecular flexibility index (Phi) is 5.89. The Morgan fingerprint density at radius 2 is 1.88 bits per heavy atom. The third-order valence-electron chi connectivity index (χ3n) is 3.33. The highest BCUT2D eigenvalue weighted by atomic mass is 32.1. The van der Waals surface area contributed by atoms with Crippen molar-refractivity contribution in [2.24, 2.45) is 0 Å². The lowest BCUT2D eigenvalue weighted by atomic mass is 10.3. The molecule has 3 amide bonds. The van der Waals surface area contributed by atoms with Crippen molar-refractivity contribution in [2.45, 2.75) is 13.2 Å². The summed E-state index contributed by atoms with van der Waals surface area (Å²) in [6.07, 6.45) is 0. The Balaban J connectivity index is 1.42. The van der Waals surface area contributed by atoms with Crippen LogP contribution in [0.4, 0.5) is 4.79 Å². The van der Waals surface area contributed by atoms with E-state index in [0.29, 0.717) is 18.1 Å². The van der Waals surface area contributed by atoms with Crippen molar-refractivity contribution < 1.29 is 18.7 Å². The second kappa shape index (κ2) is 8.72. The average molecular weight is 371 g/mol. The molecule has 0 saturated carbocycles. The summed E-state index contributed by atoms with van der Waals surface area (Å²) in [6, 6.07) is 13.8. The number of para-hydroxylation sites is 1. The second-order valence-electron chi connectivity index (χ2n) is 5.26. The minimum Gasteiger partial charge on any atom is -0.486 e. The second-order valence-corrected chi connectivity index (χ2v) is 6.04. The minimum atomic E-state index is -0.554. The third kappa shape index (κ3) is 5.12. The number of rotatable bonds is 6. The van der Waals surface area contributed by atoms with Gasteiger partial charge in [-0.25, -0.2) is 10.2 Å². The number of benzene rings is 1. The van der Waals surface area contributed by atoms with E-state index in [1.807, 2.05) is 47.2 Å². The quantitative estimate of drug-likeness (QED) is 0.581. The fourth-order valence-electron chi connectivity index (χ4n) is 2.04. The van der Waals surface area contributed by atoms with E-state index in [-0.39, 0.29) is 12.4 Å². The van der Waals surface area contributed by atoms with Crippen molar-refractivity contribution in [1.82, 2.24) is 16.2 Å². The van der Waals surface area contributed by atoms with E-state index < -0.39 is 11.9 Å². The van der Waals surface area contributed by atoms with E-state index in [2.05, 4.69) is 16.2 Å². The number of ether oxygens (including phenoxy) is 1. The molecule has 0 bridgehead atoms. The fourth-order valence-corrected chi connectivity index (χ4v) is 2.71. The molecule has 0 radical (unpaired) electrons. The zero-order chi connectivity index (χ0) is 18.2. The molecule has 0 aliphatic heterocycles.